The summed E-state index contributed by atoms with van der Waals surface area (Å²) < 4.78 is 21.3. The van der Waals surface area contributed by atoms with Gasteiger partial charge >= 0.3 is 17.9 Å². The molecule has 0 saturated carbocycles. The van der Waals surface area contributed by atoms with Crippen LogP contribution in [0.5, 0.6) is 0 Å². The van der Waals surface area contributed by atoms with Crippen LogP contribution in [0.25, 0.3) is 10.4 Å². The van der Waals surface area contributed by atoms with Crippen LogP contribution in [-0.4, -0.2) is 71.8 Å². The van der Waals surface area contributed by atoms with E-state index < -0.39 is 66.9 Å². The van der Waals surface area contributed by atoms with Crippen molar-refractivity contribution in [2.75, 3.05) is 6.61 Å². The first-order chi connectivity index (χ1) is 15.6. The number of azide groups is 1. The Morgan fingerprint density at radius 3 is 2.03 bits per heavy atom. The van der Waals surface area contributed by atoms with Gasteiger partial charge in [0.1, 0.15) is 18.8 Å². The standard InChI is InChI=1S/C20H20N4O9/c1-9(25)30-8-14-16(31-10(2)26)17(32-11(3)27)15(18(33-14)22-23-21)24-19(28)12-6-4-5-7-13(12)20(24)29/h4-7,14-18H,8H2,1-3H3/t14-,15-,16-,17-,18-/m1/s1. The fourth-order valence-electron chi connectivity index (χ4n) is 3.80. The van der Waals surface area contributed by atoms with E-state index in [4.69, 9.17) is 24.5 Å². The van der Waals surface area contributed by atoms with Crippen LogP contribution >= 0.6 is 0 Å². The summed E-state index contributed by atoms with van der Waals surface area (Å²) in [5, 5.41) is 3.53. The molecular formula is C20H20N4O9. The molecule has 174 valence electrons. The highest BCUT2D eigenvalue weighted by atomic mass is 16.6. The van der Waals surface area contributed by atoms with Crippen molar-refractivity contribution in [1.29, 1.82) is 0 Å². The lowest BCUT2D eigenvalue weighted by molar-refractivity contribution is -0.228. The zero-order valence-electron chi connectivity index (χ0n) is 17.9. The van der Waals surface area contributed by atoms with E-state index >= 15 is 0 Å². The second-order valence-electron chi connectivity index (χ2n) is 7.24. The average Bonchev–Trinajstić information content (AvgIpc) is 2.99. The minimum atomic E-state index is -1.55. The third-order valence-electron chi connectivity index (χ3n) is 4.98. The lowest BCUT2D eigenvalue weighted by Crippen LogP contribution is -2.66. The first-order valence-electron chi connectivity index (χ1n) is 9.80. The molecule has 5 atom stereocenters. The van der Waals surface area contributed by atoms with E-state index in [-0.39, 0.29) is 11.1 Å². The number of hydrogen-bond acceptors (Lipinski definition) is 10. The molecule has 33 heavy (non-hydrogen) atoms. The third kappa shape index (κ3) is 4.78. The topological polar surface area (TPSA) is 174 Å². The number of imide groups is 1. The second-order valence-corrected chi connectivity index (χ2v) is 7.24. The molecule has 3 rings (SSSR count). The molecule has 0 aromatic heterocycles. The summed E-state index contributed by atoms with van der Waals surface area (Å²) in [6.45, 7) is 2.85. The van der Waals surface area contributed by atoms with E-state index in [0.717, 1.165) is 25.7 Å². The van der Waals surface area contributed by atoms with Gasteiger partial charge < -0.3 is 18.9 Å². The number of nitrogens with zero attached hydrogens (tertiary/aromatic N) is 4. The summed E-state index contributed by atoms with van der Waals surface area (Å²) in [5.74, 6) is -3.77. The predicted octanol–water partition coefficient (Wildman–Crippen LogP) is 1.11. The zero-order valence-corrected chi connectivity index (χ0v) is 17.9. The number of esters is 3. The lowest BCUT2D eigenvalue weighted by Gasteiger charge is -2.46. The SMILES string of the molecule is CC(=O)OC[C@H]1O[C@@H](N=[N+]=[N-])[C@H](N2C(=O)c3ccccc3C2=O)[C@@H](OC(C)=O)[C@@H]1OC(C)=O. The Hall–Kier alpha value is -3.96. The van der Waals surface area contributed by atoms with Crippen LogP contribution in [0.1, 0.15) is 41.5 Å². The van der Waals surface area contributed by atoms with Crippen LogP contribution in [0.3, 0.4) is 0 Å². The number of ether oxygens (including phenoxy) is 4. The van der Waals surface area contributed by atoms with Gasteiger partial charge in [0.25, 0.3) is 11.8 Å². The normalized spacial score (nSPS) is 26.2. The zero-order chi connectivity index (χ0) is 24.3. The van der Waals surface area contributed by atoms with Crippen molar-refractivity contribution in [3.8, 4) is 0 Å². The van der Waals surface area contributed by atoms with Crippen molar-refractivity contribution in [1.82, 2.24) is 4.90 Å². The quantitative estimate of drug-likeness (QED) is 0.150. The van der Waals surface area contributed by atoms with Crippen molar-refractivity contribution in [3.63, 3.8) is 0 Å². The van der Waals surface area contributed by atoms with Gasteiger partial charge in [-0.15, -0.1) is 0 Å². The summed E-state index contributed by atoms with van der Waals surface area (Å²) >= 11 is 0. The number of amides is 2. The Morgan fingerprint density at radius 1 is 1.00 bits per heavy atom. The van der Waals surface area contributed by atoms with Crippen LogP contribution in [-0.2, 0) is 33.3 Å². The van der Waals surface area contributed by atoms with Crippen molar-refractivity contribution >= 4 is 29.7 Å². The van der Waals surface area contributed by atoms with Crippen LogP contribution < -0.4 is 0 Å². The Bertz CT molecular complexity index is 1020. The van der Waals surface area contributed by atoms with Crippen LogP contribution in [0.15, 0.2) is 29.4 Å². The largest absolute Gasteiger partial charge is 0.463 e. The van der Waals surface area contributed by atoms with Crippen molar-refractivity contribution in [2.24, 2.45) is 5.11 Å². The fourth-order valence-corrected chi connectivity index (χ4v) is 3.80. The molecule has 0 aliphatic carbocycles. The molecule has 0 spiro atoms. The molecule has 1 fully saturated rings. The molecule has 0 N–H and O–H groups in total. The second kappa shape index (κ2) is 9.67. The molecule has 0 unspecified atom stereocenters. The first kappa shape index (κ1) is 23.7. The summed E-state index contributed by atoms with van der Waals surface area (Å²) in [6, 6.07) is 4.53. The minimum Gasteiger partial charge on any atom is -0.463 e. The number of hydrogen-bond donors (Lipinski definition) is 0. The van der Waals surface area contributed by atoms with E-state index in [0.29, 0.717) is 0 Å². The van der Waals surface area contributed by atoms with Gasteiger partial charge in [0.15, 0.2) is 18.4 Å². The smallest absolute Gasteiger partial charge is 0.303 e. The first-order valence-corrected chi connectivity index (χ1v) is 9.80. The maximum absolute atomic E-state index is 13.1. The Labute approximate surface area is 187 Å². The highest BCUT2D eigenvalue weighted by molar-refractivity contribution is 6.21. The van der Waals surface area contributed by atoms with Crippen molar-refractivity contribution in [3.05, 3.63) is 45.8 Å². The summed E-state index contributed by atoms with van der Waals surface area (Å²) in [6.07, 6.45) is -5.67. The van der Waals surface area contributed by atoms with E-state index in [1.165, 1.54) is 12.1 Å². The maximum atomic E-state index is 13.1. The van der Waals surface area contributed by atoms with Gasteiger partial charge in [-0.05, 0) is 17.7 Å². The molecule has 13 heteroatoms. The highest BCUT2D eigenvalue weighted by Crippen LogP contribution is 2.35. The molecule has 1 saturated heterocycles. The number of benzene rings is 1. The number of rotatable bonds is 6. The van der Waals surface area contributed by atoms with E-state index in [9.17, 15) is 24.0 Å². The Morgan fingerprint density at radius 2 is 1.55 bits per heavy atom. The maximum Gasteiger partial charge on any atom is 0.303 e. The summed E-state index contributed by atoms with van der Waals surface area (Å²) in [7, 11) is 0. The monoisotopic (exact) mass is 460 g/mol. The minimum absolute atomic E-state index is 0.0924. The summed E-state index contributed by atoms with van der Waals surface area (Å²) in [5.41, 5.74) is 9.26. The Balaban J connectivity index is 2.10. The summed E-state index contributed by atoms with van der Waals surface area (Å²) in [4.78, 5) is 64.8. The molecule has 1 aromatic carbocycles. The van der Waals surface area contributed by atoms with Crippen molar-refractivity contribution < 1.29 is 42.9 Å². The van der Waals surface area contributed by atoms with E-state index in [1.807, 2.05) is 0 Å². The number of carbonyl (C=O) groups is 5. The predicted molar refractivity (Wildman–Crippen MR) is 106 cm³/mol. The van der Waals surface area contributed by atoms with Crippen molar-refractivity contribution in [2.45, 2.75) is 51.4 Å². The van der Waals surface area contributed by atoms with Gasteiger partial charge in [0, 0.05) is 25.7 Å². The molecule has 2 heterocycles. The highest BCUT2D eigenvalue weighted by Gasteiger charge is 2.56. The lowest BCUT2D eigenvalue weighted by atomic mass is 9.94. The van der Waals surface area contributed by atoms with Crippen LogP contribution in [0.4, 0.5) is 0 Å². The van der Waals surface area contributed by atoms with Gasteiger partial charge in [-0.1, -0.05) is 17.2 Å². The number of fused-ring (bicyclic) bond motifs is 1. The van der Waals surface area contributed by atoms with Crippen LogP contribution in [0.2, 0.25) is 0 Å². The van der Waals surface area contributed by atoms with E-state index in [2.05, 4.69) is 10.0 Å². The van der Waals surface area contributed by atoms with Gasteiger partial charge in [-0.25, -0.2) is 0 Å². The Kier molecular flexibility index (Phi) is 6.95. The molecule has 0 bridgehead atoms. The molecule has 2 aliphatic heterocycles. The van der Waals surface area contributed by atoms with Crippen LogP contribution in [0, 0.1) is 0 Å². The number of carbonyl (C=O) groups excluding carboxylic acids is 5. The average molecular weight is 460 g/mol. The van der Waals surface area contributed by atoms with Gasteiger partial charge in [-0.3, -0.25) is 28.9 Å². The van der Waals surface area contributed by atoms with E-state index in [1.54, 1.807) is 12.1 Å². The molecule has 2 aliphatic rings. The molecule has 1 aromatic rings. The fraction of sp³-hybridized carbons (Fsp3) is 0.450. The molecule has 2 amide bonds. The third-order valence-corrected chi connectivity index (χ3v) is 4.98. The van der Waals surface area contributed by atoms with Gasteiger partial charge in [-0.2, -0.15) is 0 Å². The van der Waals surface area contributed by atoms with Gasteiger partial charge in [0.05, 0.1) is 11.1 Å². The molecular weight excluding hydrogens is 440 g/mol. The molecule has 0 radical (unpaired) electrons. The molecule has 13 nitrogen and oxygen atoms in total. The van der Waals surface area contributed by atoms with Gasteiger partial charge in [0.2, 0.25) is 0 Å².